The van der Waals surface area contributed by atoms with Crippen LogP contribution in [0.1, 0.15) is 41.0 Å². The summed E-state index contributed by atoms with van der Waals surface area (Å²) in [6.45, 7) is 1.38. The summed E-state index contributed by atoms with van der Waals surface area (Å²) in [5, 5.41) is 3.66. The Morgan fingerprint density at radius 3 is 2.55 bits per heavy atom. The van der Waals surface area contributed by atoms with E-state index in [9.17, 15) is 13.2 Å². The number of sulfonamides is 1. The number of para-hydroxylation sites is 1. The highest BCUT2D eigenvalue weighted by Gasteiger charge is 2.25. The predicted molar refractivity (Wildman–Crippen MR) is 114 cm³/mol. The molecule has 2 heterocycles. The molecule has 1 aliphatic rings. The minimum absolute atomic E-state index is 0.173. The van der Waals surface area contributed by atoms with Crippen molar-refractivity contribution in [2.24, 2.45) is 0 Å². The van der Waals surface area contributed by atoms with E-state index in [1.54, 1.807) is 18.2 Å². The number of hydrogen-bond acceptors (Lipinski definition) is 5. The highest BCUT2D eigenvalue weighted by molar-refractivity contribution is 7.89. The molecule has 1 N–H and O–H groups in total. The van der Waals surface area contributed by atoms with Gasteiger partial charge in [0.2, 0.25) is 10.0 Å². The van der Waals surface area contributed by atoms with Gasteiger partial charge < -0.3 is 5.32 Å². The Bertz CT molecular complexity index is 1080. The van der Waals surface area contributed by atoms with Crippen LogP contribution in [0, 0.1) is 0 Å². The summed E-state index contributed by atoms with van der Waals surface area (Å²) in [6, 6.07) is 14.1. The van der Waals surface area contributed by atoms with Crippen LogP contribution < -0.4 is 5.32 Å². The molecule has 2 aromatic carbocycles. The van der Waals surface area contributed by atoms with Gasteiger partial charge in [0.25, 0.3) is 5.91 Å². The highest BCUT2D eigenvalue weighted by Crippen LogP contribution is 2.23. The summed E-state index contributed by atoms with van der Waals surface area (Å²) in [4.78, 5) is 17.3. The molecule has 1 aromatic heterocycles. The quantitative estimate of drug-likeness (QED) is 0.669. The van der Waals surface area contributed by atoms with Gasteiger partial charge in [-0.05, 0) is 43.2 Å². The lowest BCUT2D eigenvalue weighted by atomic mass is 10.2. The first kappa shape index (κ1) is 20.0. The minimum Gasteiger partial charge on any atom is -0.346 e. The molecule has 3 aromatic rings. The topological polar surface area (TPSA) is 79.4 Å². The fourth-order valence-corrected chi connectivity index (χ4v) is 5.95. The van der Waals surface area contributed by atoms with Crippen molar-refractivity contribution in [3.63, 3.8) is 0 Å². The number of benzene rings is 2. The van der Waals surface area contributed by atoms with Crippen LogP contribution in [0.25, 0.3) is 10.2 Å². The van der Waals surface area contributed by atoms with Crippen molar-refractivity contribution in [1.82, 2.24) is 14.6 Å². The molecule has 8 heteroatoms. The van der Waals surface area contributed by atoms with E-state index in [0.29, 0.717) is 25.2 Å². The Morgan fingerprint density at radius 2 is 1.79 bits per heavy atom. The lowest BCUT2D eigenvalue weighted by Gasteiger charge is -2.20. The first-order chi connectivity index (χ1) is 14.0. The molecule has 1 fully saturated rings. The number of rotatable bonds is 5. The summed E-state index contributed by atoms with van der Waals surface area (Å²) in [7, 11) is -3.58. The van der Waals surface area contributed by atoms with Crippen LogP contribution in [0.15, 0.2) is 53.4 Å². The molecular formula is C21H23N3O3S2. The van der Waals surface area contributed by atoms with Crippen molar-refractivity contribution < 1.29 is 13.2 Å². The van der Waals surface area contributed by atoms with Gasteiger partial charge in [-0.15, -0.1) is 11.3 Å². The van der Waals surface area contributed by atoms with Crippen molar-refractivity contribution >= 4 is 37.5 Å². The molecule has 152 valence electrons. The van der Waals surface area contributed by atoms with Gasteiger partial charge in [0.05, 0.1) is 21.7 Å². The fraction of sp³-hybridized carbons (Fsp3) is 0.333. The molecule has 29 heavy (non-hydrogen) atoms. The molecule has 0 bridgehead atoms. The van der Waals surface area contributed by atoms with E-state index < -0.39 is 10.0 Å². The molecule has 0 radical (unpaired) electrons. The number of carbonyl (C=O) groups excluding carboxylic acids is 1. The molecule has 4 rings (SSSR count). The monoisotopic (exact) mass is 429 g/mol. The van der Waals surface area contributed by atoms with Crippen molar-refractivity contribution in [2.45, 2.75) is 37.1 Å². The number of hydrogen-bond donors (Lipinski definition) is 1. The molecular weight excluding hydrogens is 406 g/mol. The summed E-state index contributed by atoms with van der Waals surface area (Å²) < 4.78 is 28.6. The number of nitrogens with zero attached hydrogens (tertiary/aromatic N) is 2. The minimum atomic E-state index is -3.58. The van der Waals surface area contributed by atoms with E-state index in [1.165, 1.54) is 21.7 Å². The van der Waals surface area contributed by atoms with Crippen molar-refractivity contribution in [2.75, 3.05) is 13.1 Å². The van der Waals surface area contributed by atoms with Gasteiger partial charge in [-0.1, -0.05) is 31.0 Å². The zero-order chi connectivity index (χ0) is 20.3. The highest BCUT2D eigenvalue weighted by atomic mass is 32.2. The Morgan fingerprint density at radius 1 is 1.03 bits per heavy atom. The maximum absolute atomic E-state index is 13.0. The second-order valence-corrected chi connectivity index (χ2v) is 10.2. The lowest BCUT2D eigenvalue weighted by Crippen LogP contribution is -2.32. The van der Waals surface area contributed by atoms with E-state index in [-0.39, 0.29) is 10.8 Å². The van der Waals surface area contributed by atoms with Crippen LogP contribution in [-0.4, -0.2) is 36.7 Å². The number of amides is 1. The number of nitrogens with one attached hydrogen (secondary N) is 1. The van der Waals surface area contributed by atoms with Crippen molar-refractivity contribution in [1.29, 1.82) is 0 Å². The number of thiazole rings is 1. The molecule has 1 amide bonds. The van der Waals surface area contributed by atoms with Crippen LogP contribution in [-0.2, 0) is 16.6 Å². The molecule has 0 saturated carbocycles. The smallest absolute Gasteiger partial charge is 0.251 e. The summed E-state index contributed by atoms with van der Waals surface area (Å²) >= 11 is 1.53. The largest absolute Gasteiger partial charge is 0.346 e. The first-order valence-corrected chi connectivity index (χ1v) is 12.0. The third kappa shape index (κ3) is 4.49. The van der Waals surface area contributed by atoms with Gasteiger partial charge in [0, 0.05) is 18.7 Å². The average Bonchev–Trinajstić information content (AvgIpc) is 2.94. The van der Waals surface area contributed by atoms with Gasteiger partial charge in [0.1, 0.15) is 5.01 Å². The van der Waals surface area contributed by atoms with Gasteiger partial charge in [0.15, 0.2) is 0 Å². The van der Waals surface area contributed by atoms with Crippen molar-refractivity contribution in [3.8, 4) is 0 Å². The normalized spacial score (nSPS) is 15.9. The predicted octanol–water partition coefficient (Wildman–Crippen LogP) is 3.79. The number of carbonyl (C=O) groups is 1. The number of fused-ring (bicyclic) bond motifs is 1. The van der Waals surface area contributed by atoms with E-state index in [4.69, 9.17) is 0 Å². The maximum atomic E-state index is 13.0. The molecule has 6 nitrogen and oxygen atoms in total. The van der Waals surface area contributed by atoms with Crippen LogP contribution in [0.4, 0.5) is 0 Å². The van der Waals surface area contributed by atoms with Gasteiger partial charge >= 0.3 is 0 Å². The molecule has 0 spiro atoms. The third-order valence-corrected chi connectivity index (χ3v) is 7.97. The van der Waals surface area contributed by atoms with E-state index in [1.807, 2.05) is 24.3 Å². The van der Waals surface area contributed by atoms with Crippen LogP contribution in [0.5, 0.6) is 0 Å². The van der Waals surface area contributed by atoms with Crippen LogP contribution >= 0.6 is 11.3 Å². The Balaban J connectivity index is 1.47. The second kappa shape index (κ2) is 8.61. The Kier molecular flexibility index (Phi) is 5.94. The Hall–Kier alpha value is -2.29. The molecule has 1 aliphatic heterocycles. The lowest BCUT2D eigenvalue weighted by molar-refractivity contribution is 0.0950. The third-order valence-electron chi connectivity index (χ3n) is 5.04. The van der Waals surface area contributed by atoms with E-state index >= 15 is 0 Å². The standard InChI is InChI=1S/C21H23N3O3S2/c25-21(22-15-20-23-18-10-3-4-11-19(18)28-20)16-8-7-9-17(14-16)29(26,27)24-12-5-1-2-6-13-24/h3-4,7-11,14H,1-2,5-6,12-13,15H2,(H,22,25). The van der Waals surface area contributed by atoms with Gasteiger partial charge in [-0.3, -0.25) is 4.79 Å². The summed E-state index contributed by atoms with van der Waals surface area (Å²) in [5.74, 6) is -0.308. The number of aromatic nitrogens is 1. The SMILES string of the molecule is O=C(NCc1nc2ccccc2s1)c1cccc(S(=O)(=O)N2CCCCCC2)c1. The van der Waals surface area contributed by atoms with Gasteiger partial charge in [-0.2, -0.15) is 4.31 Å². The second-order valence-electron chi connectivity index (χ2n) is 7.10. The molecule has 0 unspecified atom stereocenters. The molecule has 0 aliphatic carbocycles. The van der Waals surface area contributed by atoms with Gasteiger partial charge in [-0.25, -0.2) is 13.4 Å². The fourth-order valence-electron chi connectivity index (χ4n) is 3.48. The Labute approximate surface area is 174 Å². The summed E-state index contributed by atoms with van der Waals surface area (Å²) in [5.41, 5.74) is 1.24. The molecule has 0 atom stereocenters. The average molecular weight is 430 g/mol. The zero-order valence-electron chi connectivity index (χ0n) is 16.0. The maximum Gasteiger partial charge on any atom is 0.251 e. The van der Waals surface area contributed by atoms with Crippen molar-refractivity contribution in [3.05, 3.63) is 59.1 Å². The van der Waals surface area contributed by atoms with Crippen LogP contribution in [0.2, 0.25) is 0 Å². The zero-order valence-corrected chi connectivity index (χ0v) is 17.6. The summed E-state index contributed by atoms with van der Waals surface area (Å²) in [6.07, 6.45) is 3.86. The van der Waals surface area contributed by atoms with Crippen LogP contribution in [0.3, 0.4) is 0 Å². The first-order valence-electron chi connectivity index (χ1n) is 9.77. The van der Waals surface area contributed by atoms with E-state index in [0.717, 1.165) is 40.9 Å². The van der Waals surface area contributed by atoms with E-state index in [2.05, 4.69) is 10.3 Å². The molecule has 1 saturated heterocycles.